The summed E-state index contributed by atoms with van der Waals surface area (Å²) in [5.74, 6) is -0.437. The first-order valence-corrected chi connectivity index (χ1v) is 8.90. The standard InChI is InChI=1S/C18H19BrN2O4/c1-11-9-15(19)25-16(11)18(23)21-14-7-3-2-6-13(14)17(22)20-10-12-5-4-8-24-12/h2-3,6-7,9,12H,4-5,8,10H2,1H3,(H,20,22)(H,21,23). The third-order valence-corrected chi connectivity index (χ3v) is 4.42. The first kappa shape index (κ1) is 17.7. The fourth-order valence-corrected chi connectivity index (χ4v) is 3.25. The summed E-state index contributed by atoms with van der Waals surface area (Å²) in [5.41, 5.74) is 1.55. The summed E-state index contributed by atoms with van der Waals surface area (Å²) in [5, 5.41) is 5.61. The van der Waals surface area contributed by atoms with Crippen molar-refractivity contribution < 1.29 is 18.7 Å². The van der Waals surface area contributed by atoms with Crippen molar-refractivity contribution in [2.75, 3.05) is 18.5 Å². The van der Waals surface area contributed by atoms with Crippen molar-refractivity contribution in [3.05, 3.63) is 51.9 Å². The number of carbonyl (C=O) groups is 2. The second-order valence-electron chi connectivity index (χ2n) is 5.91. The van der Waals surface area contributed by atoms with E-state index >= 15 is 0 Å². The predicted octanol–water partition coefficient (Wildman–Crippen LogP) is 3.51. The summed E-state index contributed by atoms with van der Waals surface area (Å²) in [6.45, 7) is 2.99. The molecule has 1 aromatic carbocycles. The van der Waals surface area contributed by atoms with Gasteiger partial charge in [-0.3, -0.25) is 9.59 Å². The average Bonchev–Trinajstić information content (AvgIpc) is 3.22. The van der Waals surface area contributed by atoms with E-state index in [2.05, 4.69) is 26.6 Å². The molecule has 2 heterocycles. The molecule has 1 aliphatic rings. The molecule has 7 heteroatoms. The lowest BCUT2D eigenvalue weighted by Gasteiger charge is -2.13. The second kappa shape index (κ2) is 7.84. The number of benzene rings is 1. The van der Waals surface area contributed by atoms with Crippen molar-refractivity contribution >= 4 is 33.4 Å². The summed E-state index contributed by atoms with van der Waals surface area (Å²) in [6, 6.07) is 8.59. The molecular formula is C18H19BrN2O4. The number of carbonyl (C=O) groups excluding carboxylic acids is 2. The van der Waals surface area contributed by atoms with Crippen molar-refractivity contribution in [2.45, 2.75) is 25.9 Å². The van der Waals surface area contributed by atoms with E-state index in [0.717, 1.165) is 19.4 Å². The summed E-state index contributed by atoms with van der Waals surface area (Å²) in [7, 11) is 0. The van der Waals surface area contributed by atoms with Crippen LogP contribution in [0, 0.1) is 6.92 Å². The van der Waals surface area contributed by atoms with Crippen molar-refractivity contribution in [2.24, 2.45) is 0 Å². The van der Waals surface area contributed by atoms with E-state index in [9.17, 15) is 9.59 Å². The van der Waals surface area contributed by atoms with E-state index in [-0.39, 0.29) is 17.8 Å². The highest BCUT2D eigenvalue weighted by atomic mass is 79.9. The number of hydrogen-bond acceptors (Lipinski definition) is 4. The summed E-state index contributed by atoms with van der Waals surface area (Å²) in [4.78, 5) is 24.9. The van der Waals surface area contributed by atoms with Gasteiger partial charge < -0.3 is 19.8 Å². The number of furan rings is 1. The predicted molar refractivity (Wildman–Crippen MR) is 96.8 cm³/mol. The molecule has 6 nitrogen and oxygen atoms in total. The van der Waals surface area contributed by atoms with E-state index < -0.39 is 5.91 Å². The molecular weight excluding hydrogens is 388 g/mol. The van der Waals surface area contributed by atoms with Gasteiger partial charge in [-0.15, -0.1) is 0 Å². The van der Waals surface area contributed by atoms with Crippen molar-refractivity contribution in [1.29, 1.82) is 0 Å². The number of amides is 2. The number of nitrogens with one attached hydrogen (secondary N) is 2. The molecule has 0 bridgehead atoms. The highest BCUT2D eigenvalue weighted by Crippen LogP contribution is 2.22. The van der Waals surface area contributed by atoms with Crippen LogP contribution < -0.4 is 10.6 Å². The Morgan fingerprint density at radius 1 is 1.28 bits per heavy atom. The van der Waals surface area contributed by atoms with Gasteiger partial charge >= 0.3 is 0 Å². The molecule has 0 aliphatic carbocycles. The van der Waals surface area contributed by atoms with Crippen molar-refractivity contribution in [3.8, 4) is 0 Å². The number of aryl methyl sites for hydroxylation is 1. The third-order valence-electron chi connectivity index (χ3n) is 4.03. The van der Waals surface area contributed by atoms with Crippen molar-refractivity contribution in [3.63, 3.8) is 0 Å². The van der Waals surface area contributed by atoms with Gasteiger partial charge in [0.25, 0.3) is 11.8 Å². The number of ether oxygens (including phenoxy) is 1. The molecule has 3 rings (SSSR count). The maximum absolute atomic E-state index is 12.5. The van der Waals surface area contributed by atoms with E-state index in [1.807, 2.05) is 0 Å². The molecule has 0 radical (unpaired) electrons. The first-order valence-electron chi connectivity index (χ1n) is 8.10. The zero-order valence-corrected chi connectivity index (χ0v) is 15.4. The first-order chi connectivity index (χ1) is 12.0. The maximum Gasteiger partial charge on any atom is 0.291 e. The van der Waals surface area contributed by atoms with Crippen LogP contribution in [0.25, 0.3) is 0 Å². The topological polar surface area (TPSA) is 80.6 Å². The monoisotopic (exact) mass is 406 g/mol. The van der Waals surface area contributed by atoms with E-state index in [0.29, 0.717) is 28.0 Å². The van der Waals surface area contributed by atoms with Crippen LogP contribution in [-0.4, -0.2) is 31.1 Å². The number of hydrogen-bond donors (Lipinski definition) is 2. The minimum Gasteiger partial charge on any atom is -0.444 e. The Morgan fingerprint density at radius 2 is 2.08 bits per heavy atom. The molecule has 2 N–H and O–H groups in total. The van der Waals surface area contributed by atoms with Crippen LogP contribution in [0.2, 0.25) is 0 Å². The molecule has 1 saturated heterocycles. The molecule has 2 amide bonds. The average molecular weight is 407 g/mol. The van der Waals surface area contributed by atoms with Gasteiger partial charge in [0, 0.05) is 18.7 Å². The molecule has 1 fully saturated rings. The van der Waals surface area contributed by atoms with Gasteiger partial charge in [-0.05, 0) is 53.9 Å². The molecule has 25 heavy (non-hydrogen) atoms. The Balaban J connectivity index is 1.70. The number of para-hydroxylation sites is 1. The van der Waals surface area contributed by atoms with Gasteiger partial charge in [0.1, 0.15) is 0 Å². The molecule has 2 aromatic rings. The summed E-state index contributed by atoms with van der Waals surface area (Å²) >= 11 is 3.20. The lowest BCUT2D eigenvalue weighted by molar-refractivity contribution is 0.0858. The Bertz CT molecular complexity index is 781. The van der Waals surface area contributed by atoms with Crippen LogP contribution >= 0.6 is 15.9 Å². The number of anilines is 1. The SMILES string of the molecule is Cc1cc(Br)oc1C(=O)Nc1ccccc1C(=O)NCC1CCCO1. The zero-order valence-electron chi connectivity index (χ0n) is 13.8. The molecule has 1 aromatic heterocycles. The van der Waals surface area contributed by atoms with E-state index in [1.54, 1.807) is 37.3 Å². The molecule has 1 unspecified atom stereocenters. The quantitative estimate of drug-likeness (QED) is 0.795. The molecule has 0 saturated carbocycles. The van der Waals surface area contributed by atoms with Crippen molar-refractivity contribution in [1.82, 2.24) is 5.32 Å². The minimum absolute atomic E-state index is 0.0637. The maximum atomic E-state index is 12.5. The van der Waals surface area contributed by atoms with Crippen LogP contribution in [0.4, 0.5) is 5.69 Å². The van der Waals surface area contributed by atoms with Gasteiger partial charge in [0.2, 0.25) is 0 Å². The fourth-order valence-electron chi connectivity index (χ4n) is 2.74. The summed E-state index contributed by atoms with van der Waals surface area (Å²) in [6.07, 6.45) is 2.03. The molecule has 1 aliphatic heterocycles. The Labute approximate surface area is 154 Å². The fraction of sp³-hybridized carbons (Fsp3) is 0.333. The van der Waals surface area contributed by atoms with E-state index in [4.69, 9.17) is 9.15 Å². The molecule has 1 atom stereocenters. The highest BCUT2D eigenvalue weighted by molar-refractivity contribution is 9.10. The van der Waals surface area contributed by atoms with Crippen LogP contribution in [0.5, 0.6) is 0 Å². The largest absolute Gasteiger partial charge is 0.444 e. The van der Waals surface area contributed by atoms with E-state index in [1.165, 1.54) is 0 Å². The smallest absolute Gasteiger partial charge is 0.291 e. The van der Waals surface area contributed by atoms with Gasteiger partial charge in [0.05, 0.1) is 17.4 Å². The molecule has 0 spiro atoms. The van der Waals surface area contributed by atoms with Crippen LogP contribution in [0.15, 0.2) is 39.4 Å². The van der Waals surface area contributed by atoms with Crippen LogP contribution in [0.1, 0.15) is 39.3 Å². The second-order valence-corrected chi connectivity index (χ2v) is 6.69. The Morgan fingerprint density at radius 3 is 2.76 bits per heavy atom. The Hall–Kier alpha value is -2.12. The van der Waals surface area contributed by atoms with Gasteiger partial charge in [0.15, 0.2) is 10.4 Å². The lowest BCUT2D eigenvalue weighted by atomic mass is 10.1. The third kappa shape index (κ3) is 4.29. The van der Waals surface area contributed by atoms with Gasteiger partial charge in [-0.2, -0.15) is 0 Å². The minimum atomic E-state index is -0.400. The molecule has 132 valence electrons. The number of halogens is 1. The van der Waals surface area contributed by atoms with Gasteiger partial charge in [-0.25, -0.2) is 0 Å². The number of rotatable bonds is 5. The van der Waals surface area contributed by atoms with Gasteiger partial charge in [-0.1, -0.05) is 12.1 Å². The van der Waals surface area contributed by atoms with Crippen LogP contribution in [0.3, 0.4) is 0 Å². The zero-order chi connectivity index (χ0) is 17.8. The lowest BCUT2D eigenvalue weighted by Crippen LogP contribution is -2.32. The Kier molecular flexibility index (Phi) is 5.55. The highest BCUT2D eigenvalue weighted by Gasteiger charge is 2.20. The normalized spacial score (nSPS) is 16.6. The van der Waals surface area contributed by atoms with Crippen LogP contribution in [-0.2, 0) is 4.74 Å². The summed E-state index contributed by atoms with van der Waals surface area (Å²) < 4.78 is 11.3.